The number of anilines is 1. The molecule has 1 aromatic rings. The highest BCUT2D eigenvalue weighted by Gasteiger charge is 2.31. The molecule has 18 heavy (non-hydrogen) atoms. The van der Waals surface area contributed by atoms with Gasteiger partial charge in [0.2, 0.25) is 0 Å². The molecule has 0 saturated heterocycles. The SMILES string of the molecule is CNCCCC1CN(C(C)C)c2cccc(O)c21. The molecule has 1 heterocycles. The molecule has 1 unspecified atom stereocenters. The molecule has 2 rings (SSSR count). The molecule has 1 aliphatic heterocycles. The van der Waals surface area contributed by atoms with Crippen molar-refractivity contribution in [3.8, 4) is 5.75 Å². The van der Waals surface area contributed by atoms with Gasteiger partial charge in [-0.1, -0.05) is 6.07 Å². The normalized spacial score (nSPS) is 18.4. The van der Waals surface area contributed by atoms with E-state index in [2.05, 4.69) is 30.1 Å². The Morgan fingerprint density at radius 3 is 2.89 bits per heavy atom. The lowest BCUT2D eigenvalue weighted by atomic mass is 9.95. The van der Waals surface area contributed by atoms with E-state index in [1.807, 2.05) is 19.2 Å². The summed E-state index contributed by atoms with van der Waals surface area (Å²) in [5.74, 6) is 0.932. The highest BCUT2D eigenvalue weighted by atomic mass is 16.3. The van der Waals surface area contributed by atoms with Gasteiger partial charge in [-0.2, -0.15) is 0 Å². The van der Waals surface area contributed by atoms with Crippen LogP contribution in [0.1, 0.15) is 38.2 Å². The van der Waals surface area contributed by atoms with E-state index in [1.165, 1.54) is 5.69 Å². The van der Waals surface area contributed by atoms with Crippen molar-refractivity contribution in [1.29, 1.82) is 0 Å². The van der Waals surface area contributed by atoms with Crippen molar-refractivity contribution < 1.29 is 5.11 Å². The first-order chi connectivity index (χ1) is 8.65. The molecule has 0 fully saturated rings. The molecule has 0 aromatic heterocycles. The van der Waals surface area contributed by atoms with Gasteiger partial charge in [0.15, 0.2) is 0 Å². The third kappa shape index (κ3) is 2.46. The summed E-state index contributed by atoms with van der Waals surface area (Å²) in [6.45, 7) is 6.50. The van der Waals surface area contributed by atoms with Crippen LogP contribution < -0.4 is 10.2 Å². The van der Waals surface area contributed by atoms with Gasteiger partial charge in [0.1, 0.15) is 5.75 Å². The van der Waals surface area contributed by atoms with Crippen molar-refractivity contribution >= 4 is 5.69 Å². The number of nitrogens with one attached hydrogen (secondary N) is 1. The van der Waals surface area contributed by atoms with Crippen LogP contribution in [0.3, 0.4) is 0 Å². The number of benzene rings is 1. The number of phenolic OH excluding ortho intramolecular Hbond substituents is 1. The summed E-state index contributed by atoms with van der Waals surface area (Å²) in [6.07, 6.45) is 2.29. The predicted octanol–water partition coefficient (Wildman–Crippen LogP) is 2.70. The van der Waals surface area contributed by atoms with Gasteiger partial charge in [-0.15, -0.1) is 0 Å². The van der Waals surface area contributed by atoms with Crippen LogP contribution in [0.2, 0.25) is 0 Å². The monoisotopic (exact) mass is 248 g/mol. The molecular formula is C15H24N2O. The lowest BCUT2D eigenvalue weighted by Gasteiger charge is -2.24. The Kier molecular flexibility index (Phi) is 4.12. The molecule has 0 bridgehead atoms. The minimum atomic E-state index is 0.463. The van der Waals surface area contributed by atoms with Gasteiger partial charge in [-0.3, -0.25) is 0 Å². The minimum Gasteiger partial charge on any atom is -0.508 e. The number of hydrogen-bond acceptors (Lipinski definition) is 3. The standard InChI is InChI=1S/C15H24N2O/c1-11(2)17-10-12(6-5-9-16-3)15-13(17)7-4-8-14(15)18/h4,7-8,11-12,16,18H,5-6,9-10H2,1-3H3. The van der Waals surface area contributed by atoms with Crippen LogP contribution in [-0.4, -0.2) is 31.3 Å². The molecule has 1 aliphatic rings. The number of hydrogen-bond donors (Lipinski definition) is 2. The second-order valence-electron chi connectivity index (χ2n) is 5.40. The molecule has 100 valence electrons. The van der Waals surface area contributed by atoms with E-state index < -0.39 is 0 Å². The molecule has 0 aliphatic carbocycles. The summed E-state index contributed by atoms with van der Waals surface area (Å²) in [6, 6.07) is 6.38. The van der Waals surface area contributed by atoms with Gasteiger partial charge in [-0.05, 0) is 52.4 Å². The van der Waals surface area contributed by atoms with Crippen molar-refractivity contribution in [1.82, 2.24) is 5.32 Å². The second-order valence-corrected chi connectivity index (χ2v) is 5.40. The van der Waals surface area contributed by atoms with Crippen LogP contribution in [0.15, 0.2) is 18.2 Å². The van der Waals surface area contributed by atoms with Gasteiger partial charge < -0.3 is 15.3 Å². The van der Waals surface area contributed by atoms with Gasteiger partial charge in [-0.25, -0.2) is 0 Å². The Labute approximate surface area is 110 Å². The predicted molar refractivity (Wildman–Crippen MR) is 76.5 cm³/mol. The van der Waals surface area contributed by atoms with Crippen LogP contribution in [0.5, 0.6) is 5.75 Å². The van der Waals surface area contributed by atoms with Crippen molar-refractivity contribution in [3.05, 3.63) is 23.8 Å². The Morgan fingerprint density at radius 1 is 1.44 bits per heavy atom. The topological polar surface area (TPSA) is 35.5 Å². The Balaban J connectivity index is 2.21. The molecule has 0 radical (unpaired) electrons. The number of phenols is 1. The average Bonchev–Trinajstić information content (AvgIpc) is 2.70. The van der Waals surface area contributed by atoms with E-state index in [-0.39, 0.29) is 0 Å². The van der Waals surface area contributed by atoms with Crippen LogP contribution in [-0.2, 0) is 0 Å². The fourth-order valence-corrected chi connectivity index (χ4v) is 2.89. The van der Waals surface area contributed by atoms with Crippen LogP contribution >= 0.6 is 0 Å². The van der Waals surface area contributed by atoms with E-state index in [4.69, 9.17) is 0 Å². The third-order valence-electron chi connectivity index (χ3n) is 3.80. The summed E-state index contributed by atoms with van der Waals surface area (Å²) in [4.78, 5) is 2.40. The van der Waals surface area contributed by atoms with Crippen LogP contribution in [0.4, 0.5) is 5.69 Å². The molecule has 3 nitrogen and oxygen atoms in total. The zero-order chi connectivity index (χ0) is 13.1. The fourth-order valence-electron chi connectivity index (χ4n) is 2.89. The van der Waals surface area contributed by atoms with Crippen molar-refractivity contribution in [2.45, 2.75) is 38.6 Å². The maximum atomic E-state index is 10.1. The largest absolute Gasteiger partial charge is 0.508 e. The Morgan fingerprint density at radius 2 is 2.22 bits per heavy atom. The second kappa shape index (κ2) is 5.61. The first-order valence-electron chi connectivity index (χ1n) is 6.88. The van der Waals surface area contributed by atoms with E-state index in [9.17, 15) is 5.11 Å². The molecule has 3 heteroatoms. The van der Waals surface area contributed by atoms with Crippen molar-refractivity contribution in [3.63, 3.8) is 0 Å². The first kappa shape index (κ1) is 13.2. The van der Waals surface area contributed by atoms with Gasteiger partial charge >= 0.3 is 0 Å². The smallest absolute Gasteiger partial charge is 0.121 e. The van der Waals surface area contributed by atoms with E-state index in [0.717, 1.165) is 31.5 Å². The summed E-state index contributed by atoms with van der Waals surface area (Å²) in [5, 5.41) is 13.3. The van der Waals surface area contributed by atoms with Crippen molar-refractivity contribution in [2.24, 2.45) is 0 Å². The first-order valence-corrected chi connectivity index (χ1v) is 6.88. The van der Waals surface area contributed by atoms with E-state index >= 15 is 0 Å². The quantitative estimate of drug-likeness (QED) is 0.786. The van der Waals surface area contributed by atoms with E-state index in [0.29, 0.717) is 17.7 Å². The highest BCUT2D eigenvalue weighted by Crippen LogP contribution is 2.44. The third-order valence-corrected chi connectivity index (χ3v) is 3.80. The zero-order valence-corrected chi connectivity index (χ0v) is 11.6. The molecule has 1 atom stereocenters. The average molecular weight is 248 g/mol. The molecule has 0 saturated carbocycles. The van der Waals surface area contributed by atoms with Crippen molar-refractivity contribution in [2.75, 3.05) is 25.0 Å². The summed E-state index contributed by atoms with van der Waals surface area (Å²) < 4.78 is 0. The maximum Gasteiger partial charge on any atom is 0.121 e. The van der Waals surface area contributed by atoms with Crippen LogP contribution in [0, 0.1) is 0 Å². The van der Waals surface area contributed by atoms with Gasteiger partial charge in [0.05, 0.1) is 0 Å². The Hall–Kier alpha value is -1.22. The minimum absolute atomic E-state index is 0.463. The summed E-state index contributed by atoms with van der Waals surface area (Å²) in [7, 11) is 1.99. The van der Waals surface area contributed by atoms with E-state index in [1.54, 1.807) is 0 Å². The molecule has 2 N–H and O–H groups in total. The molecule has 0 amide bonds. The number of aromatic hydroxyl groups is 1. The summed E-state index contributed by atoms with van der Waals surface area (Å²) >= 11 is 0. The number of nitrogens with zero attached hydrogens (tertiary/aromatic N) is 1. The Bertz CT molecular complexity index is 403. The molecule has 1 aromatic carbocycles. The van der Waals surface area contributed by atoms with Gasteiger partial charge in [0, 0.05) is 29.8 Å². The molecular weight excluding hydrogens is 224 g/mol. The molecule has 0 spiro atoms. The highest BCUT2D eigenvalue weighted by molar-refractivity contribution is 5.65. The van der Waals surface area contributed by atoms with Crippen LogP contribution in [0.25, 0.3) is 0 Å². The number of rotatable bonds is 5. The lowest BCUT2D eigenvalue weighted by Crippen LogP contribution is -2.29. The fraction of sp³-hybridized carbons (Fsp3) is 0.600. The number of fused-ring (bicyclic) bond motifs is 1. The maximum absolute atomic E-state index is 10.1. The van der Waals surface area contributed by atoms with Gasteiger partial charge in [0.25, 0.3) is 0 Å². The lowest BCUT2D eigenvalue weighted by molar-refractivity contribution is 0.460. The summed E-state index contributed by atoms with van der Waals surface area (Å²) in [5.41, 5.74) is 2.38. The zero-order valence-electron chi connectivity index (χ0n) is 11.6.